The van der Waals surface area contributed by atoms with Crippen molar-refractivity contribution in [3.8, 4) is 0 Å². The third kappa shape index (κ3) is 3.41. The molecule has 0 radical (unpaired) electrons. The molecule has 2 rings (SSSR count). The second-order valence-electron chi connectivity index (χ2n) is 5.94. The SMILES string of the molecule is CCOC(=O)C1OCCc2c1sc(N)c2C(=O)OC(C)(C)C. The predicted molar refractivity (Wildman–Crippen MR) is 82.9 cm³/mol. The Morgan fingerprint density at radius 1 is 1.41 bits per heavy atom. The second-order valence-corrected chi connectivity index (χ2v) is 7.02. The Bertz CT molecular complexity index is 587. The summed E-state index contributed by atoms with van der Waals surface area (Å²) in [6.45, 7) is 7.73. The summed E-state index contributed by atoms with van der Waals surface area (Å²) in [6.07, 6.45) is -0.291. The van der Waals surface area contributed by atoms with Crippen molar-refractivity contribution < 1.29 is 23.8 Å². The lowest BCUT2D eigenvalue weighted by Crippen LogP contribution is -2.27. The summed E-state index contributed by atoms with van der Waals surface area (Å²) in [4.78, 5) is 25.0. The largest absolute Gasteiger partial charge is 0.464 e. The highest BCUT2D eigenvalue weighted by Crippen LogP contribution is 2.41. The first-order valence-electron chi connectivity index (χ1n) is 7.17. The number of rotatable bonds is 3. The molecule has 0 saturated carbocycles. The van der Waals surface area contributed by atoms with Crippen LogP contribution >= 0.6 is 11.3 Å². The zero-order valence-electron chi connectivity index (χ0n) is 13.2. The molecule has 122 valence electrons. The number of nitrogens with two attached hydrogens (primary N) is 1. The molecule has 7 heteroatoms. The first-order valence-corrected chi connectivity index (χ1v) is 7.99. The van der Waals surface area contributed by atoms with Gasteiger partial charge in [0.2, 0.25) is 0 Å². The minimum absolute atomic E-state index is 0.272. The van der Waals surface area contributed by atoms with Gasteiger partial charge in [-0.2, -0.15) is 0 Å². The Labute approximate surface area is 133 Å². The van der Waals surface area contributed by atoms with E-state index < -0.39 is 23.6 Å². The fraction of sp³-hybridized carbons (Fsp3) is 0.600. The van der Waals surface area contributed by atoms with E-state index in [0.717, 1.165) is 5.56 Å². The monoisotopic (exact) mass is 327 g/mol. The molecule has 1 aliphatic rings. The number of thiophene rings is 1. The van der Waals surface area contributed by atoms with Crippen LogP contribution in [0.5, 0.6) is 0 Å². The fourth-order valence-electron chi connectivity index (χ4n) is 2.26. The van der Waals surface area contributed by atoms with Crippen molar-refractivity contribution in [3.63, 3.8) is 0 Å². The van der Waals surface area contributed by atoms with E-state index in [2.05, 4.69) is 0 Å². The molecule has 22 heavy (non-hydrogen) atoms. The highest BCUT2D eigenvalue weighted by Gasteiger charge is 2.36. The molecule has 1 aromatic heterocycles. The van der Waals surface area contributed by atoms with Crippen molar-refractivity contribution in [1.82, 2.24) is 0 Å². The normalized spacial score (nSPS) is 17.7. The van der Waals surface area contributed by atoms with Crippen LogP contribution in [0.4, 0.5) is 5.00 Å². The van der Waals surface area contributed by atoms with Crippen LogP contribution in [0.1, 0.15) is 54.6 Å². The topological polar surface area (TPSA) is 87.9 Å². The molecule has 0 amide bonds. The summed E-state index contributed by atoms with van der Waals surface area (Å²) >= 11 is 1.18. The van der Waals surface area contributed by atoms with Gasteiger partial charge in [-0.1, -0.05) is 0 Å². The number of carbonyl (C=O) groups is 2. The quantitative estimate of drug-likeness (QED) is 0.858. The van der Waals surface area contributed by atoms with Crippen LogP contribution in [-0.4, -0.2) is 30.8 Å². The Kier molecular flexibility index (Phi) is 4.77. The van der Waals surface area contributed by atoms with Gasteiger partial charge in [0.25, 0.3) is 0 Å². The summed E-state index contributed by atoms with van der Waals surface area (Å²) in [6, 6.07) is 0. The number of hydrogen-bond donors (Lipinski definition) is 1. The third-order valence-electron chi connectivity index (χ3n) is 3.04. The Morgan fingerprint density at radius 3 is 2.68 bits per heavy atom. The van der Waals surface area contributed by atoms with Crippen molar-refractivity contribution in [2.75, 3.05) is 18.9 Å². The summed E-state index contributed by atoms with van der Waals surface area (Å²) in [5.41, 5.74) is 6.47. The molecule has 1 aromatic rings. The van der Waals surface area contributed by atoms with Gasteiger partial charge in [-0.25, -0.2) is 9.59 Å². The van der Waals surface area contributed by atoms with Crippen LogP contribution in [0.2, 0.25) is 0 Å². The van der Waals surface area contributed by atoms with Gasteiger partial charge >= 0.3 is 11.9 Å². The highest BCUT2D eigenvalue weighted by molar-refractivity contribution is 7.16. The van der Waals surface area contributed by atoms with Gasteiger partial charge in [0, 0.05) is 0 Å². The fourth-order valence-corrected chi connectivity index (χ4v) is 3.41. The molecule has 0 aliphatic carbocycles. The molecule has 2 heterocycles. The summed E-state index contributed by atoms with van der Waals surface area (Å²) in [7, 11) is 0. The van der Waals surface area contributed by atoms with E-state index in [1.54, 1.807) is 27.7 Å². The molecule has 0 fully saturated rings. The predicted octanol–water partition coefficient (Wildman–Crippen LogP) is 2.46. The molecule has 1 aliphatic heterocycles. The van der Waals surface area contributed by atoms with Crippen LogP contribution in [0.15, 0.2) is 0 Å². The molecule has 1 atom stereocenters. The molecule has 0 saturated heterocycles. The lowest BCUT2D eigenvalue weighted by Gasteiger charge is -2.23. The number of ether oxygens (including phenoxy) is 3. The minimum atomic E-state index is -0.813. The first kappa shape index (κ1) is 16.8. The summed E-state index contributed by atoms with van der Waals surface area (Å²) < 4.78 is 15.9. The van der Waals surface area contributed by atoms with E-state index >= 15 is 0 Å². The zero-order valence-corrected chi connectivity index (χ0v) is 14.0. The third-order valence-corrected chi connectivity index (χ3v) is 4.15. The average molecular weight is 327 g/mol. The number of fused-ring (bicyclic) bond motifs is 1. The van der Waals surface area contributed by atoms with E-state index in [1.807, 2.05) is 0 Å². The van der Waals surface area contributed by atoms with Crippen molar-refractivity contribution in [1.29, 1.82) is 0 Å². The van der Waals surface area contributed by atoms with Crippen molar-refractivity contribution >= 4 is 28.3 Å². The van der Waals surface area contributed by atoms with Crippen LogP contribution < -0.4 is 5.73 Å². The van der Waals surface area contributed by atoms with Gasteiger partial charge in [-0.3, -0.25) is 0 Å². The first-order chi connectivity index (χ1) is 10.2. The van der Waals surface area contributed by atoms with E-state index in [4.69, 9.17) is 19.9 Å². The van der Waals surface area contributed by atoms with Crippen LogP contribution in [0, 0.1) is 0 Å². The molecule has 0 spiro atoms. The van der Waals surface area contributed by atoms with Gasteiger partial charge in [0.15, 0.2) is 6.10 Å². The molecule has 1 unspecified atom stereocenters. The van der Waals surface area contributed by atoms with E-state index in [9.17, 15) is 9.59 Å². The molecular formula is C15H21NO5S. The number of hydrogen-bond acceptors (Lipinski definition) is 7. The Morgan fingerprint density at radius 2 is 2.09 bits per heavy atom. The Hall–Kier alpha value is -1.60. The lowest BCUT2D eigenvalue weighted by atomic mass is 10.0. The average Bonchev–Trinajstić information content (AvgIpc) is 2.72. The molecule has 6 nitrogen and oxygen atoms in total. The molecule has 0 aromatic carbocycles. The number of carbonyl (C=O) groups excluding carboxylic acids is 2. The smallest absolute Gasteiger partial charge is 0.341 e. The zero-order chi connectivity index (χ0) is 16.5. The van der Waals surface area contributed by atoms with Gasteiger partial charge in [0.05, 0.1) is 23.7 Å². The number of nitrogen functional groups attached to an aromatic ring is 1. The van der Waals surface area contributed by atoms with Gasteiger partial charge in [-0.15, -0.1) is 11.3 Å². The van der Waals surface area contributed by atoms with Crippen molar-refractivity contribution in [2.24, 2.45) is 0 Å². The van der Waals surface area contributed by atoms with Crippen molar-refractivity contribution in [2.45, 2.75) is 45.8 Å². The maximum atomic E-state index is 12.4. The number of anilines is 1. The standard InChI is InChI=1S/C15H21NO5S/c1-5-19-14(18)10-11-8(6-7-20-10)9(12(16)22-11)13(17)21-15(2,3)4/h10H,5-7,16H2,1-4H3. The van der Waals surface area contributed by atoms with E-state index in [0.29, 0.717) is 28.5 Å². The maximum absolute atomic E-state index is 12.4. The van der Waals surface area contributed by atoms with Crippen LogP contribution in [0.3, 0.4) is 0 Å². The highest BCUT2D eigenvalue weighted by atomic mass is 32.1. The van der Waals surface area contributed by atoms with Crippen LogP contribution in [-0.2, 0) is 25.4 Å². The van der Waals surface area contributed by atoms with Gasteiger partial charge in [0.1, 0.15) is 10.6 Å². The molecule has 2 N–H and O–H groups in total. The number of esters is 2. The van der Waals surface area contributed by atoms with Crippen LogP contribution in [0.25, 0.3) is 0 Å². The van der Waals surface area contributed by atoms with Gasteiger partial charge < -0.3 is 19.9 Å². The second kappa shape index (κ2) is 6.26. The summed E-state index contributed by atoms with van der Waals surface area (Å²) in [5, 5.41) is 0.346. The lowest BCUT2D eigenvalue weighted by molar-refractivity contribution is -0.157. The van der Waals surface area contributed by atoms with E-state index in [-0.39, 0.29) is 6.61 Å². The molecule has 0 bridgehead atoms. The maximum Gasteiger partial charge on any atom is 0.341 e. The van der Waals surface area contributed by atoms with Crippen molar-refractivity contribution in [3.05, 3.63) is 16.0 Å². The Balaban J connectivity index is 2.36. The molecular weight excluding hydrogens is 306 g/mol. The summed E-state index contributed by atoms with van der Waals surface area (Å²) in [5.74, 6) is -0.924. The van der Waals surface area contributed by atoms with Gasteiger partial charge in [-0.05, 0) is 39.7 Å². The minimum Gasteiger partial charge on any atom is -0.464 e. The van der Waals surface area contributed by atoms with E-state index in [1.165, 1.54) is 11.3 Å².